The van der Waals surface area contributed by atoms with Crippen molar-refractivity contribution in [2.24, 2.45) is 0 Å². The van der Waals surface area contributed by atoms with Gasteiger partial charge in [0.05, 0.1) is 0 Å². The maximum atomic E-state index is 2.44. The molecule has 2 heteroatoms. The second-order valence-electron chi connectivity index (χ2n) is 13.6. The van der Waals surface area contributed by atoms with Gasteiger partial charge in [-0.2, -0.15) is 11.3 Å². The minimum absolute atomic E-state index is 1.25. The molecule has 52 heavy (non-hydrogen) atoms. The zero-order valence-electron chi connectivity index (χ0n) is 28.1. The molecule has 0 radical (unpaired) electrons. The summed E-state index contributed by atoms with van der Waals surface area (Å²) in [5, 5.41) is 17.4. The van der Waals surface area contributed by atoms with Crippen LogP contribution in [0.3, 0.4) is 0 Å². The molecular formula is C50H30S2. The Balaban J connectivity index is 1.19. The quantitative estimate of drug-likeness (QED) is 0.161. The third kappa shape index (κ3) is 4.38. The van der Waals surface area contributed by atoms with Crippen molar-refractivity contribution in [1.82, 2.24) is 0 Å². The fraction of sp³-hybridized carbons (Fsp3) is 0. The smallest absolute Gasteiger partial charge is 0.0361 e. The summed E-state index contributed by atoms with van der Waals surface area (Å²) in [6.07, 6.45) is 0. The van der Waals surface area contributed by atoms with E-state index in [1.54, 1.807) is 11.3 Å². The Morgan fingerprint density at radius 1 is 0.308 bits per heavy atom. The Bertz CT molecular complexity index is 3050. The molecule has 11 rings (SSSR count). The van der Waals surface area contributed by atoms with Gasteiger partial charge in [-0.1, -0.05) is 152 Å². The first kappa shape index (κ1) is 29.6. The normalized spacial score (nSPS) is 11.8. The maximum Gasteiger partial charge on any atom is 0.0361 e. The first-order chi connectivity index (χ1) is 25.8. The zero-order chi connectivity index (χ0) is 34.2. The van der Waals surface area contributed by atoms with E-state index in [2.05, 4.69) is 181 Å². The Morgan fingerprint density at radius 3 is 1.35 bits per heavy atom. The monoisotopic (exact) mass is 694 g/mol. The molecule has 0 saturated carbocycles. The molecule has 11 aromatic rings. The summed E-state index contributed by atoms with van der Waals surface area (Å²) in [4.78, 5) is 0. The molecule has 2 aromatic heterocycles. The molecule has 0 aliphatic carbocycles. The highest BCUT2D eigenvalue weighted by Gasteiger charge is 2.21. The summed E-state index contributed by atoms with van der Waals surface area (Å²) in [5.74, 6) is 0. The molecule has 0 atom stereocenters. The summed E-state index contributed by atoms with van der Waals surface area (Å²) in [6.45, 7) is 0. The highest BCUT2D eigenvalue weighted by atomic mass is 32.1. The lowest BCUT2D eigenvalue weighted by molar-refractivity contribution is 1.66. The van der Waals surface area contributed by atoms with Gasteiger partial charge < -0.3 is 0 Å². The van der Waals surface area contributed by atoms with Gasteiger partial charge >= 0.3 is 0 Å². The van der Waals surface area contributed by atoms with Gasteiger partial charge in [-0.05, 0) is 117 Å². The third-order valence-corrected chi connectivity index (χ3v) is 12.6. The fourth-order valence-electron chi connectivity index (χ4n) is 8.68. The number of fused-ring (bicyclic) bond motifs is 7. The Labute approximate surface area is 309 Å². The van der Waals surface area contributed by atoms with Crippen LogP contribution in [-0.2, 0) is 0 Å². The van der Waals surface area contributed by atoms with Crippen LogP contribution in [0, 0.1) is 0 Å². The predicted molar refractivity (Wildman–Crippen MR) is 229 cm³/mol. The van der Waals surface area contributed by atoms with Crippen molar-refractivity contribution in [2.45, 2.75) is 0 Å². The average Bonchev–Trinajstić information content (AvgIpc) is 3.87. The predicted octanol–water partition coefficient (Wildman–Crippen LogP) is 15.4. The van der Waals surface area contributed by atoms with E-state index < -0.39 is 0 Å². The standard InChI is InChI=1S/C50H30S2/c1-2-13-31(14-3-1)46-34-15-4-6-17-36(34)47(37-18-7-5-16-35(37)46)32-25-26-42-45(29-32)52-44-24-12-23-43(50(42)44)49-40-21-10-8-19-38(40)48(33-27-28-51-30-33)39-20-9-11-22-41(39)49/h1-30H. The number of benzene rings is 9. The van der Waals surface area contributed by atoms with Crippen LogP contribution in [0.4, 0.5) is 0 Å². The van der Waals surface area contributed by atoms with Crippen molar-refractivity contribution in [3.8, 4) is 44.5 Å². The van der Waals surface area contributed by atoms with Crippen LogP contribution in [0.2, 0.25) is 0 Å². The van der Waals surface area contributed by atoms with Crippen LogP contribution in [0.1, 0.15) is 0 Å². The minimum atomic E-state index is 1.25. The second kappa shape index (κ2) is 11.7. The molecule has 0 saturated heterocycles. The van der Waals surface area contributed by atoms with Crippen molar-refractivity contribution < 1.29 is 0 Å². The van der Waals surface area contributed by atoms with Crippen LogP contribution in [0.5, 0.6) is 0 Å². The van der Waals surface area contributed by atoms with E-state index in [0.717, 1.165) is 0 Å². The highest BCUT2D eigenvalue weighted by Crippen LogP contribution is 2.49. The second-order valence-corrected chi connectivity index (χ2v) is 15.4. The summed E-state index contributed by atoms with van der Waals surface area (Å²) in [6, 6.07) is 63.0. The lowest BCUT2D eigenvalue weighted by Crippen LogP contribution is -1.91. The Hall–Kier alpha value is -6.06. The van der Waals surface area contributed by atoms with E-state index in [9.17, 15) is 0 Å². The van der Waals surface area contributed by atoms with Gasteiger partial charge in [0, 0.05) is 20.2 Å². The lowest BCUT2D eigenvalue weighted by Gasteiger charge is -2.18. The first-order valence-electron chi connectivity index (χ1n) is 17.7. The molecule has 0 N–H and O–H groups in total. The lowest BCUT2D eigenvalue weighted by atomic mass is 9.85. The maximum absolute atomic E-state index is 2.44. The van der Waals surface area contributed by atoms with Crippen molar-refractivity contribution in [3.05, 3.63) is 181 Å². The minimum Gasteiger partial charge on any atom is -0.152 e. The third-order valence-electron chi connectivity index (χ3n) is 10.8. The zero-order valence-corrected chi connectivity index (χ0v) is 29.8. The number of hydrogen-bond donors (Lipinski definition) is 0. The molecule has 0 nitrogen and oxygen atoms in total. The molecule has 0 aliphatic rings. The van der Waals surface area contributed by atoms with Crippen LogP contribution in [0.15, 0.2) is 181 Å². The topological polar surface area (TPSA) is 0 Å². The van der Waals surface area contributed by atoms with Gasteiger partial charge in [-0.15, -0.1) is 11.3 Å². The molecule has 2 heterocycles. The molecular weight excluding hydrogens is 665 g/mol. The van der Waals surface area contributed by atoms with Gasteiger partial charge in [0.2, 0.25) is 0 Å². The Morgan fingerprint density at radius 2 is 0.808 bits per heavy atom. The van der Waals surface area contributed by atoms with E-state index in [0.29, 0.717) is 0 Å². The Kier molecular flexibility index (Phi) is 6.70. The van der Waals surface area contributed by atoms with Gasteiger partial charge in [0.15, 0.2) is 0 Å². The molecule has 0 aliphatic heterocycles. The number of hydrogen-bond acceptors (Lipinski definition) is 2. The van der Waals surface area contributed by atoms with Gasteiger partial charge in [0.25, 0.3) is 0 Å². The van der Waals surface area contributed by atoms with Crippen molar-refractivity contribution in [2.75, 3.05) is 0 Å². The van der Waals surface area contributed by atoms with Crippen LogP contribution in [-0.4, -0.2) is 0 Å². The van der Waals surface area contributed by atoms with E-state index >= 15 is 0 Å². The molecule has 242 valence electrons. The van der Waals surface area contributed by atoms with Crippen LogP contribution in [0.25, 0.3) is 108 Å². The number of thiophene rings is 2. The molecule has 0 fully saturated rings. The van der Waals surface area contributed by atoms with Crippen molar-refractivity contribution in [1.29, 1.82) is 0 Å². The molecule has 0 spiro atoms. The van der Waals surface area contributed by atoms with E-state index in [1.807, 2.05) is 11.3 Å². The van der Waals surface area contributed by atoms with Crippen molar-refractivity contribution >= 4 is 85.9 Å². The molecule has 0 unspecified atom stereocenters. The molecule has 0 bridgehead atoms. The van der Waals surface area contributed by atoms with Crippen LogP contribution >= 0.6 is 22.7 Å². The summed E-state index contributed by atoms with van der Waals surface area (Å²) < 4.78 is 2.62. The van der Waals surface area contributed by atoms with Gasteiger partial charge in [0.1, 0.15) is 0 Å². The summed E-state index contributed by atoms with van der Waals surface area (Å²) in [7, 11) is 0. The van der Waals surface area contributed by atoms with E-state index in [1.165, 1.54) is 108 Å². The highest BCUT2D eigenvalue weighted by molar-refractivity contribution is 7.26. The van der Waals surface area contributed by atoms with Crippen molar-refractivity contribution in [3.63, 3.8) is 0 Å². The van der Waals surface area contributed by atoms with E-state index in [-0.39, 0.29) is 0 Å². The average molecular weight is 695 g/mol. The van der Waals surface area contributed by atoms with E-state index in [4.69, 9.17) is 0 Å². The van der Waals surface area contributed by atoms with Gasteiger partial charge in [-0.3, -0.25) is 0 Å². The largest absolute Gasteiger partial charge is 0.152 e. The summed E-state index contributed by atoms with van der Waals surface area (Å²) in [5.41, 5.74) is 10.3. The SMILES string of the molecule is c1ccc(-c2c3ccccc3c(-c3ccc4c(c3)sc3cccc(-c5c6ccccc6c(-c6ccsc6)c6ccccc56)c34)c3ccccc23)cc1. The molecule has 0 amide bonds. The van der Waals surface area contributed by atoms with Crippen LogP contribution < -0.4 is 0 Å². The van der Waals surface area contributed by atoms with Gasteiger partial charge in [-0.25, -0.2) is 0 Å². The first-order valence-corrected chi connectivity index (χ1v) is 19.5. The fourth-order valence-corrected chi connectivity index (χ4v) is 10.5. The number of rotatable bonds is 4. The summed E-state index contributed by atoms with van der Waals surface area (Å²) >= 11 is 3.66. The molecule has 9 aromatic carbocycles.